The Morgan fingerprint density at radius 3 is 2.61 bits per heavy atom. The van der Waals surface area contributed by atoms with E-state index in [0.717, 1.165) is 6.07 Å². The summed E-state index contributed by atoms with van der Waals surface area (Å²) in [6, 6.07) is 7.95. The molecule has 0 bridgehead atoms. The third-order valence-corrected chi connectivity index (χ3v) is 2.36. The number of halogens is 3. The van der Waals surface area contributed by atoms with E-state index in [1.165, 1.54) is 30.3 Å². The first kappa shape index (κ1) is 12.4. The van der Waals surface area contributed by atoms with Crippen LogP contribution >= 0.6 is 11.6 Å². The average Bonchev–Trinajstić information content (AvgIpc) is 2.35. The fourth-order valence-corrected chi connectivity index (χ4v) is 1.49. The normalized spacial score (nSPS) is 10.2. The first-order chi connectivity index (χ1) is 8.58. The molecule has 0 fully saturated rings. The summed E-state index contributed by atoms with van der Waals surface area (Å²) in [5, 5.41) is 2.36. The van der Waals surface area contributed by atoms with Crippen LogP contribution in [0.4, 0.5) is 14.5 Å². The second-order valence-corrected chi connectivity index (χ2v) is 3.79. The minimum Gasteiger partial charge on any atom is -0.318 e. The van der Waals surface area contributed by atoms with Crippen molar-refractivity contribution in [3.8, 4) is 0 Å². The summed E-state index contributed by atoms with van der Waals surface area (Å²) >= 11 is 5.62. The van der Waals surface area contributed by atoms with Gasteiger partial charge in [0.05, 0.1) is 5.69 Å². The van der Waals surface area contributed by atoms with Crippen molar-refractivity contribution in [1.29, 1.82) is 0 Å². The maximum absolute atomic E-state index is 13.3. The zero-order chi connectivity index (χ0) is 13.1. The lowest BCUT2D eigenvalue weighted by molar-refractivity contribution is 0.102. The lowest BCUT2D eigenvalue weighted by atomic mass is 10.2. The Morgan fingerprint density at radius 2 is 1.89 bits per heavy atom. The molecule has 1 aromatic heterocycles. The van der Waals surface area contributed by atoms with E-state index in [0.29, 0.717) is 0 Å². The third kappa shape index (κ3) is 2.62. The van der Waals surface area contributed by atoms with Gasteiger partial charge < -0.3 is 5.32 Å². The summed E-state index contributed by atoms with van der Waals surface area (Å²) in [4.78, 5) is 15.5. The number of rotatable bonds is 2. The Bertz CT molecular complexity index is 604. The van der Waals surface area contributed by atoms with Crippen LogP contribution in [-0.2, 0) is 0 Å². The van der Waals surface area contributed by atoms with Crippen LogP contribution in [0.5, 0.6) is 0 Å². The van der Waals surface area contributed by atoms with Crippen LogP contribution in [0.1, 0.15) is 10.5 Å². The van der Waals surface area contributed by atoms with Gasteiger partial charge in [-0.25, -0.2) is 13.8 Å². The molecular formula is C12H7ClF2N2O. The fraction of sp³-hybridized carbons (Fsp3) is 0. The number of nitrogens with one attached hydrogen (secondary N) is 1. The van der Waals surface area contributed by atoms with Crippen LogP contribution in [0.25, 0.3) is 0 Å². The fourth-order valence-electron chi connectivity index (χ4n) is 1.32. The predicted molar refractivity (Wildman–Crippen MR) is 63.6 cm³/mol. The maximum atomic E-state index is 13.3. The number of amides is 1. The first-order valence-corrected chi connectivity index (χ1v) is 5.33. The first-order valence-electron chi connectivity index (χ1n) is 4.96. The smallest absolute Gasteiger partial charge is 0.274 e. The summed E-state index contributed by atoms with van der Waals surface area (Å²) in [5.41, 5.74) is -0.229. The number of carbonyl (C=O) groups is 1. The minimum atomic E-state index is -1.12. The van der Waals surface area contributed by atoms with Crippen molar-refractivity contribution in [1.82, 2.24) is 4.98 Å². The minimum absolute atomic E-state index is 0.0196. The monoisotopic (exact) mass is 268 g/mol. The number of hydrogen-bond acceptors (Lipinski definition) is 2. The molecule has 0 saturated heterocycles. The van der Waals surface area contributed by atoms with E-state index >= 15 is 0 Å². The summed E-state index contributed by atoms with van der Waals surface area (Å²) < 4.78 is 26.3. The lowest BCUT2D eigenvalue weighted by Crippen LogP contribution is -2.15. The molecule has 0 radical (unpaired) electrons. The highest BCUT2D eigenvalue weighted by molar-refractivity contribution is 6.29. The molecule has 2 aromatic rings. The molecule has 1 aromatic carbocycles. The molecule has 0 aliphatic heterocycles. The number of benzene rings is 1. The van der Waals surface area contributed by atoms with Gasteiger partial charge in [0.25, 0.3) is 5.91 Å². The summed E-state index contributed by atoms with van der Waals surface area (Å²) in [6.07, 6.45) is 0. The number of pyridine rings is 1. The van der Waals surface area contributed by atoms with Crippen LogP contribution < -0.4 is 5.32 Å². The quantitative estimate of drug-likeness (QED) is 0.850. The van der Waals surface area contributed by atoms with Crippen molar-refractivity contribution in [2.45, 2.75) is 0 Å². The van der Waals surface area contributed by atoms with E-state index in [4.69, 9.17) is 11.6 Å². The van der Waals surface area contributed by atoms with Gasteiger partial charge in [-0.15, -0.1) is 0 Å². The second-order valence-electron chi connectivity index (χ2n) is 3.40. The van der Waals surface area contributed by atoms with Gasteiger partial charge in [-0.05, 0) is 24.3 Å². The van der Waals surface area contributed by atoms with Crippen LogP contribution in [0.3, 0.4) is 0 Å². The summed E-state index contributed by atoms with van der Waals surface area (Å²) in [5.74, 6) is -2.82. The standard InChI is InChI=1S/C12H7ClF2N2O/c13-10-6-2-5-9(16-10)12(18)17-8-4-1-3-7(14)11(8)15/h1-6H,(H,17,18). The zero-order valence-corrected chi connectivity index (χ0v) is 9.71. The molecule has 0 saturated carbocycles. The van der Waals surface area contributed by atoms with E-state index < -0.39 is 17.5 Å². The number of aromatic nitrogens is 1. The molecule has 18 heavy (non-hydrogen) atoms. The molecule has 0 aliphatic carbocycles. The average molecular weight is 269 g/mol. The molecule has 0 atom stereocenters. The number of carbonyl (C=O) groups excluding carboxylic acids is 1. The number of nitrogens with zero attached hydrogens (tertiary/aromatic N) is 1. The summed E-state index contributed by atoms with van der Waals surface area (Å²) in [6.45, 7) is 0. The highest BCUT2D eigenvalue weighted by atomic mass is 35.5. The number of anilines is 1. The zero-order valence-electron chi connectivity index (χ0n) is 8.95. The molecule has 3 nitrogen and oxygen atoms in total. The maximum Gasteiger partial charge on any atom is 0.274 e. The van der Waals surface area contributed by atoms with Gasteiger partial charge in [-0.1, -0.05) is 23.7 Å². The Labute approximate surface area is 106 Å². The van der Waals surface area contributed by atoms with E-state index in [1.807, 2.05) is 0 Å². The largest absolute Gasteiger partial charge is 0.318 e. The van der Waals surface area contributed by atoms with Crippen molar-refractivity contribution < 1.29 is 13.6 Å². The van der Waals surface area contributed by atoms with Crippen LogP contribution in [-0.4, -0.2) is 10.9 Å². The highest BCUT2D eigenvalue weighted by Crippen LogP contribution is 2.17. The van der Waals surface area contributed by atoms with E-state index in [9.17, 15) is 13.6 Å². The molecule has 6 heteroatoms. The predicted octanol–water partition coefficient (Wildman–Crippen LogP) is 3.27. The lowest BCUT2D eigenvalue weighted by Gasteiger charge is -2.06. The van der Waals surface area contributed by atoms with E-state index in [1.54, 1.807) is 0 Å². The van der Waals surface area contributed by atoms with E-state index in [2.05, 4.69) is 10.3 Å². The molecule has 1 amide bonds. The van der Waals surface area contributed by atoms with Gasteiger partial charge in [0.15, 0.2) is 11.6 Å². The summed E-state index contributed by atoms with van der Waals surface area (Å²) in [7, 11) is 0. The molecule has 1 N–H and O–H groups in total. The van der Waals surface area contributed by atoms with Gasteiger partial charge in [-0.3, -0.25) is 4.79 Å². The Hall–Kier alpha value is -2.01. The van der Waals surface area contributed by atoms with Gasteiger partial charge in [0.1, 0.15) is 10.8 Å². The Kier molecular flexibility index (Phi) is 3.53. The van der Waals surface area contributed by atoms with Crippen molar-refractivity contribution >= 4 is 23.2 Å². The number of hydrogen-bond donors (Lipinski definition) is 1. The molecule has 0 aliphatic rings. The van der Waals surface area contributed by atoms with Gasteiger partial charge in [0.2, 0.25) is 0 Å². The molecule has 1 heterocycles. The third-order valence-electron chi connectivity index (χ3n) is 2.15. The second kappa shape index (κ2) is 5.10. The Morgan fingerprint density at radius 1 is 1.17 bits per heavy atom. The van der Waals surface area contributed by atoms with E-state index in [-0.39, 0.29) is 16.5 Å². The topological polar surface area (TPSA) is 42.0 Å². The Balaban J connectivity index is 2.24. The highest BCUT2D eigenvalue weighted by Gasteiger charge is 2.13. The molecule has 0 unspecified atom stereocenters. The van der Waals surface area contributed by atoms with Crippen LogP contribution in [0.2, 0.25) is 5.15 Å². The molecular weight excluding hydrogens is 262 g/mol. The van der Waals surface area contributed by atoms with Crippen LogP contribution in [0.15, 0.2) is 36.4 Å². The molecule has 0 spiro atoms. The molecule has 92 valence electrons. The van der Waals surface area contributed by atoms with Crippen molar-refractivity contribution in [2.24, 2.45) is 0 Å². The van der Waals surface area contributed by atoms with Crippen molar-refractivity contribution in [2.75, 3.05) is 5.32 Å². The molecule has 2 rings (SSSR count). The van der Waals surface area contributed by atoms with Crippen LogP contribution in [0, 0.1) is 11.6 Å². The van der Waals surface area contributed by atoms with Crippen molar-refractivity contribution in [3.05, 3.63) is 58.9 Å². The van der Waals surface area contributed by atoms with Gasteiger partial charge in [0, 0.05) is 0 Å². The van der Waals surface area contributed by atoms with Gasteiger partial charge in [-0.2, -0.15) is 0 Å². The van der Waals surface area contributed by atoms with Crippen molar-refractivity contribution in [3.63, 3.8) is 0 Å². The SMILES string of the molecule is O=C(Nc1cccc(F)c1F)c1cccc(Cl)n1. The van der Waals surface area contributed by atoms with Gasteiger partial charge >= 0.3 is 0 Å².